The van der Waals surface area contributed by atoms with E-state index in [-0.39, 0.29) is 23.3 Å². The van der Waals surface area contributed by atoms with Gasteiger partial charge in [0.25, 0.3) is 5.91 Å². The second-order valence-electron chi connectivity index (χ2n) is 8.22. The van der Waals surface area contributed by atoms with Crippen molar-refractivity contribution in [2.75, 3.05) is 13.1 Å². The van der Waals surface area contributed by atoms with Crippen molar-refractivity contribution >= 4 is 38.7 Å². The molecule has 3 fully saturated rings. The van der Waals surface area contributed by atoms with Gasteiger partial charge in [0.2, 0.25) is 0 Å². The van der Waals surface area contributed by atoms with Crippen molar-refractivity contribution in [3.05, 3.63) is 40.5 Å². The summed E-state index contributed by atoms with van der Waals surface area (Å²) in [6, 6.07) is 5.22. The molecular formula is C21H22FN3OS2. The lowest BCUT2D eigenvalue weighted by Gasteiger charge is -2.56. The minimum atomic E-state index is -0.296. The van der Waals surface area contributed by atoms with Gasteiger partial charge in [-0.25, -0.2) is 9.37 Å². The second-order valence-corrected chi connectivity index (χ2v) is 10.2. The van der Waals surface area contributed by atoms with Crippen LogP contribution in [0.1, 0.15) is 36.4 Å². The highest BCUT2D eigenvalue weighted by atomic mass is 32.1. The van der Waals surface area contributed by atoms with Crippen molar-refractivity contribution in [3.8, 4) is 10.6 Å². The summed E-state index contributed by atoms with van der Waals surface area (Å²) in [4.78, 5) is 20.5. The summed E-state index contributed by atoms with van der Waals surface area (Å²) in [5.74, 6) is 0.176. The molecule has 3 aliphatic rings. The number of benzene rings is 1. The van der Waals surface area contributed by atoms with Crippen molar-refractivity contribution < 1.29 is 9.18 Å². The maximum Gasteiger partial charge on any atom is 0.261 e. The molecule has 6 rings (SSSR count). The van der Waals surface area contributed by atoms with E-state index in [1.165, 1.54) is 28.7 Å². The maximum absolute atomic E-state index is 14.5. The number of nitrogens with one attached hydrogen (secondary N) is 1. The van der Waals surface area contributed by atoms with Crippen molar-refractivity contribution in [2.24, 2.45) is 5.92 Å². The number of amides is 1. The number of piperidine rings is 3. The average molecular weight is 416 g/mol. The normalized spacial score (nSPS) is 25.9. The zero-order valence-electron chi connectivity index (χ0n) is 15.9. The van der Waals surface area contributed by atoms with E-state index in [9.17, 15) is 9.18 Å². The highest BCUT2D eigenvalue weighted by molar-refractivity contribution is 7.22. The molecular weight excluding hydrogens is 393 g/mol. The molecule has 0 radical (unpaired) electrons. The van der Waals surface area contributed by atoms with Crippen LogP contribution in [-0.2, 0) is 0 Å². The molecule has 28 heavy (non-hydrogen) atoms. The topological polar surface area (TPSA) is 45.2 Å². The number of nitrogens with zero attached hydrogens (tertiary/aromatic N) is 2. The molecule has 1 N–H and O–H groups in total. The van der Waals surface area contributed by atoms with Gasteiger partial charge in [-0.05, 0) is 63.2 Å². The summed E-state index contributed by atoms with van der Waals surface area (Å²) < 4.78 is 15.3. The third-order valence-corrected chi connectivity index (χ3v) is 8.34. The Morgan fingerprint density at radius 1 is 1.32 bits per heavy atom. The highest BCUT2D eigenvalue weighted by Gasteiger charge is 2.48. The van der Waals surface area contributed by atoms with Crippen molar-refractivity contribution in [2.45, 2.75) is 38.3 Å². The number of carbonyl (C=O) groups is 1. The van der Waals surface area contributed by atoms with Crippen LogP contribution >= 0.6 is 22.7 Å². The van der Waals surface area contributed by atoms with Crippen LogP contribution in [0, 0.1) is 11.7 Å². The summed E-state index contributed by atoms with van der Waals surface area (Å²) in [6.45, 7) is 6.68. The summed E-state index contributed by atoms with van der Waals surface area (Å²) in [5, 5.41) is 6.68. The Morgan fingerprint density at radius 3 is 2.79 bits per heavy atom. The Bertz CT molecular complexity index is 1040. The van der Waals surface area contributed by atoms with Gasteiger partial charge < -0.3 is 5.32 Å². The summed E-state index contributed by atoms with van der Waals surface area (Å²) in [6.07, 6.45) is 3.95. The first-order valence-corrected chi connectivity index (χ1v) is 11.3. The van der Waals surface area contributed by atoms with Gasteiger partial charge in [0.05, 0.1) is 10.4 Å². The summed E-state index contributed by atoms with van der Waals surface area (Å²) in [5.41, 5.74) is 0.464. The molecule has 5 heterocycles. The van der Waals surface area contributed by atoms with E-state index in [0.717, 1.165) is 36.0 Å². The fourth-order valence-corrected chi connectivity index (χ4v) is 6.68. The van der Waals surface area contributed by atoms with Crippen LogP contribution in [0.2, 0.25) is 0 Å². The first-order valence-electron chi connectivity index (χ1n) is 9.63. The van der Waals surface area contributed by atoms with Gasteiger partial charge in [-0.15, -0.1) is 22.7 Å². The van der Waals surface area contributed by atoms with Crippen LogP contribution in [0.5, 0.6) is 0 Å². The quantitative estimate of drug-likeness (QED) is 0.670. The molecule has 3 aromatic rings. The fourth-order valence-electron chi connectivity index (χ4n) is 4.83. The molecule has 3 saturated heterocycles. The lowest BCUT2D eigenvalue weighted by molar-refractivity contribution is -0.0377. The van der Waals surface area contributed by atoms with Crippen LogP contribution in [0.15, 0.2) is 29.8 Å². The molecule has 7 heteroatoms. The molecule has 2 bridgehead atoms. The Balaban J connectivity index is 1.48. The first kappa shape index (κ1) is 18.2. The standard InChI is InChI=1S/C21H22FN3OS2/c1-21(2)18(12-5-8-25(21)9-6-12)24-19(26)15-11-13-3-4-14(22)16(17(13)28-15)20-23-7-10-27-20/h3-4,7,10-12,18H,5-6,8-9H2,1-2H3,(H,24,26)/t18-/m0/s1. The van der Waals surface area contributed by atoms with Gasteiger partial charge >= 0.3 is 0 Å². The van der Waals surface area contributed by atoms with Crippen LogP contribution in [0.25, 0.3) is 20.7 Å². The van der Waals surface area contributed by atoms with E-state index in [2.05, 4.69) is 29.0 Å². The molecule has 1 atom stereocenters. The lowest BCUT2D eigenvalue weighted by atomic mass is 9.72. The van der Waals surface area contributed by atoms with Gasteiger partial charge in [0, 0.05) is 27.9 Å². The average Bonchev–Trinajstić information content (AvgIpc) is 3.34. The molecule has 0 unspecified atom stereocenters. The van der Waals surface area contributed by atoms with Gasteiger partial charge in [0.15, 0.2) is 0 Å². The van der Waals surface area contributed by atoms with Crippen LogP contribution < -0.4 is 5.32 Å². The minimum absolute atomic E-state index is 0.0360. The van der Waals surface area contributed by atoms with Crippen molar-refractivity contribution in [1.29, 1.82) is 0 Å². The SMILES string of the molecule is CC1(C)[C@@H](NC(=O)c2cc3ccc(F)c(-c4nccs4)c3s2)C2CCN1CC2. The molecule has 146 valence electrons. The number of fused-ring (bicyclic) bond motifs is 4. The van der Waals surface area contributed by atoms with Gasteiger partial charge in [-0.1, -0.05) is 6.07 Å². The number of carbonyl (C=O) groups excluding carboxylic acids is 1. The predicted molar refractivity (Wildman–Crippen MR) is 113 cm³/mol. The molecule has 1 amide bonds. The maximum atomic E-state index is 14.5. The van der Waals surface area contributed by atoms with Crippen LogP contribution in [0.4, 0.5) is 4.39 Å². The first-order chi connectivity index (χ1) is 13.4. The third-order valence-electron chi connectivity index (χ3n) is 6.38. The Labute approximate surface area is 171 Å². The van der Waals surface area contributed by atoms with Gasteiger partial charge in [-0.2, -0.15) is 0 Å². The molecule has 0 spiro atoms. The molecule has 0 aliphatic carbocycles. The summed E-state index contributed by atoms with van der Waals surface area (Å²) >= 11 is 2.76. The highest BCUT2D eigenvalue weighted by Crippen LogP contribution is 2.40. The lowest BCUT2D eigenvalue weighted by Crippen LogP contribution is -2.69. The fraction of sp³-hybridized carbons (Fsp3) is 0.429. The van der Waals surface area contributed by atoms with E-state index >= 15 is 0 Å². The number of hydrogen-bond acceptors (Lipinski definition) is 5. The van der Waals surface area contributed by atoms with E-state index in [0.29, 0.717) is 21.4 Å². The van der Waals surface area contributed by atoms with E-state index in [4.69, 9.17) is 0 Å². The zero-order valence-corrected chi connectivity index (χ0v) is 17.5. The van der Waals surface area contributed by atoms with Crippen molar-refractivity contribution in [3.63, 3.8) is 0 Å². The summed E-state index contributed by atoms with van der Waals surface area (Å²) in [7, 11) is 0. The Hall–Kier alpha value is -1.83. The number of thiophene rings is 1. The number of halogens is 1. The van der Waals surface area contributed by atoms with Gasteiger partial charge in [-0.3, -0.25) is 9.69 Å². The molecule has 1 aromatic carbocycles. The Morgan fingerprint density at radius 2 is 2.11 bits per heavy atom. The minimum Gasteiger partial charge on any atom is -0.346 e. The number of aromatic nitrogens is 1. The molecule has 3 aliphatic heterocycles. The number of rotatable bonds is 3. The number of hydrogen-bond donors (Lipinski definition) is 1. The second kappa shape index (κ2) is 6.61. The largest absolute Gasteiger partial charge is 0.346 e. The monoisotopic (exact) mass is 415 g/mol. The van der Waals surface area contributed by atoms with E-state index in [1.54, 1.807) is 12.3 Å². The third kappa shape index (κ3) is 2.79. The predicted octanol–water partition coefficient (Wildman–Crippen LogP) is 4.77. The Kier molecular flexibility index (Phi) is 4.30. The van der Waals surface area contributed by atoms with Crippen molar-refractivity contribution in [1.82, 2.24) is 15.2 Å². The van der Waals surface area contributed by atoms with Crippen LogP contribution in [-0.4, -0.2) is 40.5 Å². The van der Waals surface area contributed by atoms with E-state index in [1.807, 2.05) is 11.4 Å². The van der Waals surface area contributed by atoms with Gasteiger partial charge in [0.1, 0.15) is 10.8 Å². The zero-order chi connectivity index (χ0) is 19.5. The molecule has 2 aromatic heterocycles. The molecule has 0 saturated carbocycles. The van der Waals surface area contributed by atoms with Crippen LogP contribution in [0.3, 0.4) is 0 Å². The smallest absolute Gasteiger partial charge is 0.261 e. The number of thiazole rings is 1. The molecule has 4 nitrogen and oxygen atoms in total. The van der Waals surface area contributed by atoms with E-state index < -0.39 is 0 Å².